The summed E-state index contributed by atoms with van der Waals surface area (Å²) in [5.74, 6) is 0. The molecule has 0 saturated heterocycles. The number of fused-ring (bicyclic) bond motifs is 16. The van der Waals surface area contributed by atoms with Gasteiger partial charge in [-0.05, 0) is 254 Å². The van der Waals surface area contributed by atoms with E-state index in [-0.39, 0.29) is 10.8 Å². The highest BCUT2D eigenvalue weighted by molar-refractivity contribution is 6.20. The molecule has 2 aliphatic rings. The lowest BCUT2D eigenvalue weighted by Crippen LogP contribution is -2.16. The van der Waals surface area contributed by atoms with E-state index in [1.54, 1.807) is 0 Å². The van der Waals surface area contributed by atoms with E-state index < -0.39 is 0 Å². The quantitative estimate of drug-likeness (QED) is 0.109. The van der Waals surface area contributed by atoms with Crippen LogP contribution in [0.3, 0.4) is 0 Å². The molecule has 0 atom stereocenters. The Hall–Kier alpha value is -15.9. The number of nitrogens with zero attached hydrogens (tertiary/aromatic N) is 8. The van der Waals surface area contributed by atoms with Crippen LogP contribution in [0.25, 0.3) is 155 Å². The summed E-state index contributed by atoms with van der Waals surface area (Å²) in [6, 6.07) is 148. The first kappa shape index (κ1) is 73.3. The molecule has 6 aromatic heterocycles. The van der Waals surface area contributed by atoms with Crippen LogP contribution >= 0.6 is 0 Å². The lowest BCUT2D eigenvalue weighted by molar-refractivity contribution is 0.660. The van der Waals surface area contributed by atoms with Crippen molar-refractivity contribution < 1.29 is 0 Å². The van der Waals surface area contributed by atoms with E-state index in [0.29, 0.717) is 0 Å². The Morgan fingerprint density at radius 3 is 1.02 bits per heavy atom. The van der Waals surface area contributed by atoms with Crippen molar-refractivity contribution in [3.8, 4) is 89.6 Å². The Balaban J connectivity index is 0.000000143. The number of aromatic nitrogens is 6. The van der Waals surface area contributed by atoms with Gasteiger partial charge in [-0.1, -0.05) is 258 Å². The van der Waals surface area contributed by atoms with Crippen molar-refractivity contribution in [3.05, 3.63) is 460 Å². The van der Waals surface area contributed by atoms with Crippen LogP contribution in [-0.4, -0.2) is 28.2 Å². The average Bonchev–Trinajstić information content (AvgIpc) is 1.68. The second-order valence-corrected chi connectivity index (χ2v) is 33.8. The zero-order valence-electron chi connectivity index (χ0n) is 69.1. The lowest BCUT2D eigenvalue weighted by atomic mass is 9.82. The molecule has 588 valence electrons. The van der Waals surface area contributed by atoms with Gasteiger partial charge in [-0.15, -0.1) is 0 Å². The fourth-order valence-electron chi connectivity index (χ4n) is 19.9. The molecule has 0 N–H and O–H groups in total. The number of benzene rings is 16. The van der Waals surface area contributed by atoms with E-state index in [2.05, 4.69) is 466 Å². The second kappa shape index (κ2) is 29.5. The van der Waals surface area contributed by atoms with Crippen molar-refractivity contribution >= 4 is 99.5 Å². The smallest absolute Gasteiger partial charge is 0.0788 e. The Bertz CT molecular complexity index is 7370. The molecule has 0 fully saturated rings. The van der Waals surface area contributed by atoms with Crippen LogP contribution in [0.2, 0.25) is 0 Å². The van der Waals surface area contributed by atoms with E-state index in [4.69, 9.17) is 0 Å². The lowest BCUT2D eigenvalue weighted by Gasteiger charge is -2.28. The molecule has 0 saturated carbocycles. The summed E-state index contributed by atoms with van der Waals surface area (Å²) in [7, 11) is 0. The van der Waals surface area contributed by atoms with Crippen LogP contribution < -0.4 is 9.80 Å². The van der Waals surface area contributed by atoms with Crippen LogP contribution in [0.1, 0.15) is 49.9 Å². The maximum Gasteiger partial charge on any atom is 0.0788 e. The predicted molar refractivity (Wildman–Crippen MR) is 517 cm³/mol. The molecular formula is C116H84N8. The zero-order chi connectivity index (χ0) is 82.7. The third kappa shape index (κ3) is 12.2. The van der Waals surface area contributed by atoms with Crippen LogP contribution in [0.4, 0.5) is 34.1 Å². The number of hydrogen-bond acceptors (Lipinski definition) is 4. The monoisotopic (exact) mass is 1590 g/mol. The van der Waals surface area contributed by atoms with Gasteiger partial charge in [0.15, 0.2) is 0 Å². The molecule has 0 amide bonds. The Morgan fingerprint density at radius 2 is 0.613 bits per heavy atom. The molecule has 0 unspecified atom stereocenters. The second-order valence-electron chi connectivity index (χ2n) is 33.8. The minimum absolute atomic E-state index is 0.111. The SMILES string of the molecule is CC1(C)c2ccccc2-c2ccc(N(c3ccc(-c4ccc5c(c4)c4ccc6ccn(-c7ccccc7)c6c4n5-c4ccccc4)cc3)c3ccc(-c4ccccn4)cc3)cc21.CC1(C)c2ccccc2-c2ccc(N(c3ccc(-c4cccnc4)cc3)c3ccc(-c4ccc5c(c4)c4ccc6ccn(-c7ccccc7)c6c4n5-c4ccccc4)cc3)cc21. The molecule has 16 aromatic carbocycles. The van der Waals surface area contributed by atoms with Crippen molar-refractivity contribution in [1.29, 1.82) is 0 Å². The fourth-order valence-corrected chi connectivity index (χ4v) is 19.9. The van der Waals surface area contributed by atoms with Gasteiger partial charge >= 0.3 is 0 Å². The van der Waals surface area contributed by atoms with Gasteiger partial charge in [0.2, 0.25) is 0 Å². The molecule has 8 nitrogen and oxygen atoms in total. The highest BCUT2D eigenvalue weighted by Gasteiger charge is 2.38. The summed E-state index contributed by atoms with van der Waals surface area (Å²) in [6.07, 6.45) is 9.98. The molecule has 22 aromatic rings. The van der Waals surface area contributed by atoms with Gasteiger partial charge in [0.25, 0.3) is 0 Å². The molecule has 8 heteroatoms. The summed E-state index contributed by atoms with van der Waals surface area (Å²) in [5.41, 5.74) is 37.9. The van der Waals surface area contributed by atoms with Crippen LogP contribution in [0.5, 0.6) is 0 Å². The number of hydrogen-bond donors (Lipinski definition) is 0. The van der Waals surface area contributed by atoms with Gasteiger partial charge in [0.05, 0.1) is 38.8 Å². The number of para-hydroxylation sites is 4. The van der Waals surface area contributed by atoms with Gasteiger partial charge in [0.1, 0.15) is 0 Å². The summed E-state index contributed by atoms with van der Waals surface area (Å²) in [5, 5.41) is 7.34. The van der Waals surface area contributed by atoms with Gasteiger partial charge in [-0.2, -0.15) is 0 Å². The van der Waals surface area contributed by atoms with E-state index >= 15 is 0 Å². The summed E-state index contributed by atoms with van der Waals surface area (Å²) in [4.78, 5) is 13.8. The first-order valence-corrected chi connectivity index (χ1v) is 42.7. The van der Waals surface area contributed by atoms with Crippen molar-refractivity contribution in [2.24, 2.45) is 0 Å². The third-order valence-corrected chi connectivity index (χ3v) is 26.0. The topological polar surface area (TPSA) is 52.0 Å². The van der Waals surface area contributed by atoms with Gasteiger partial charge < -0.3 is 28.1 Å². The van der Waals surface area contributed by atoms with Crippen molar-refractivity contribution in [1.82, 2.24) is 28.2 Å². The van der Waals surface area contributed by atoms with Gasteiger partial charge in [0, 0.05) is 137 Å². The third-order valence-electron chi connectivity index (χ3n) is 26.0. The summed E-state index contributed by atoms with van der Waals surface area (Å²) < 4.78 is 9.53. The van der Waals surface area contributed by atoms with Crippen LogP contribution in [0.15, 0.2) is 437 Å². The minimum atomic E-state index is -0.112. The molecule has 0 aliphatic heterocycles. The molecule has 0 spiro atoms. The Kier molecular flexibility index (Phi) is 17.4. The normalized spacial score (nSPS) is 12.8. The maximum absolute atomic E-state index is 4.62. The molecular weight excluding hydrogens is 1510 g/mol. The molecule has 124 heavy (non-hydrogen) atoms. The zero-order valence-corrected chi connectivity index (χ0v) is 69.1. The largest absolute Gasteiger partial charge is 0.315 e. The Morgan fingerprint density at radius 1 is 0.242 bits per heavy atom. The molecule has 0 bridgehead atoms. The van der Waals surface area contributed by atoms with Gasteiger partial charge in [-0.25, -0.2) is 0 Å². The first-order valence-electron chi connectivity index (χ1n) is 42.7. The van der Waals surface area contributed by atoms with E-state index in [0.717, 1.165) is 79.3 Å². The number of rotatable bonds is 14. The highest BCUT2D eigenvalue weighted by Crippen LogP contribution is 2.54. The minimum Gasteiger partial charge on any atom is -0.315 e. The Labute approximate surface area is 720 Å². The molecule has 6 heterocycles. The van der Waals surface area contributed by atoms with Crippen molar-refractivity contribution in [2.75, 3.05) is 9.80 Å². The fraction of sp³-hybridized carbons (Fsp3) is 0.0517. The maximum atomic E-state index is 4.62. The summed E-state index contributed by atoms with van der Waals surface area (Å²) >= 11 is 0. The standard InChI is InChI=1S/2C58H42N4/c1-58(2)53-18-10-9-17-49(53)50-31-29-48(37-54(50)58)61(47-27-21-40(22-28-47)43-12-11-34-59-38-43)46-25-19-39(20-26-46)42-24-32-55-52(36-42)51-30-23-41-33-35-60(44-13-5-3-6-14-44)56(41)57(51)62(55)45-15-7-4-8-16-45;1-58(2)52-18-10-9-17-48(52)49-32-30-47(38-53(49)58)61(46-28-22-40(23-29-46)54-19-11-12-35-59-54)45-26-20-39(21-27-45)42-25-33-55-51(37-42)50-31-24-41-34-36-60(43-13-5-3-6-14-43)56(41)57(50)62(55)44-15-7-4-8-16-44/h2*3-38H,1-2H3. The van der Waals surface area contributed by atoms with Crippen LogP contribution in [0, 0.1) is 0 Å². The first-order chi connectivity index (χ1) is 61.0. The van der Waals surface area contributed by atoms with Crippen molar-refractivity contribution in [2.45, 2.75) is 38.5 Å². The summed E-state index contributed by atoms with van der Waals surface area (Å²) in [6.45, 7) is 9.39. The van der Waals surface area contributed by atoms with Gasteiger partial charge in [-0.3, -0.25) is 9.97 Å². The molecule has 24 rings (SSSR count). The number of anilines is 6. The molecule has 2 aliphatic carbocycles. The number of pyridine rings is 2. The van der Waals surface area contributed by atoms with Crippen molar-refractivity contribution in [3.63, 3.8) is 0 Å². The molecule has 0 radical (unpaired) electrons. The predicted octanol–water partition coefficient (Wildman–Crippen LogP) is 30.5. The highest BCUT2D eigenvalue weighted by atomic mass is 15.2. The van der Waals surface area contributed by atoms with Crippen LogP contribution in [-0.2, 0) is 10.8 Å². The van der Waals surface area contributed by atoms with E-state index in [9.17, 15) is 0 Å². The average molecular weight is 1590 g/mol. The van der Waals surface area contributed by atoms with E-state index in [1.165, 1.54) is 132 Å². The van der Waals surface area contributed by atoms with E-state index in [1.807, 2.05) is 36.8 Å².